The fourth-order valence-electron chi connectivity index (χ4n) is 0. The van der Waals surface area contributed by atoms with E-state index in [1.807, 2.05) is 0 Å². The molecule has 0 unspecified atom stereocenters. The zero-order valence-corrected chi connectivity index (χ0v) is 17.9. The van der Waals surface area contributed by atoms with Crippen molar-refractivity contribution < 1.29 is 79.9 Å². The monoisotopic (exact) mass is 445 g/mol. The minimum Gasteiger partial charge on any atom is 0 e. The first kappa shape index (κ1) is 39.2. The van der Waals surface area contributed by atoms with Gasteiger partial charge in [-0.1, -0.05) is 0 Å². The van der Waals surface area contributed by atoms with E-state index in [0.717, 1.165) is 0 Å². The molecule has 0 saturated carbocycles. The van der Waals surface area contributed by atoms with E-state index >= 15 is 0 Å². The van der Waals surface area contributed by atoms with Crippen LogP contribution in [-0.2, 0) is 38.1 Å². The molecule has 0 amide bonds. The Balaban J connectivity index is 0. The van der Waals surface area contributed by atoms with Gasteiger partial charge in [-0.3, -0.25) is 0 Å². The quantitative estimate of drug-likeness (QED) is 0.416. The molecule has 0 nitrogen and oxygen atoms in total. The Kier molecular flexibility index (Phi) is 196. The van der Waals surface area contributed by atoms with Gasteiger partial charge in [-0.05, 0) is 0 Å². The molecule has 0 spiro atoms. The van der Waals surface area contributed by atoms with Gasteiger partial charge in [0.05, 0.1) is 0 Å². The van der Waals surface area contributed by atoms with Crippen LogP contribution in [0.4, 0.5) is 0 Å². The van der Waals surface area contributed by atoms with Crippen molar-refractivity contribution in [3.05, 3.63) is 0 Å². The first-order valence-electron chi connectivity index (χ1n) is 0. The summed E-state index contributed by atoms with van der Waals surface area (Å²) < 4.78 is 0. The second kappa shape index (κ2) is 30.0. The largest absolute Gasteiger partial charge is 0 e. The van der Waals surface area contributed by atoms with E-state index in [9.17, 15) is 0 Å². The topological polar surface area (TPSA) is 0 Å². The predicted molar refractivity (Wildman–Crippen MR) is 17.3 cm³/mol. The van der Waals surface area contributed by atoms with E-state index < -0.39 is 0 Å². The summed E-state index contributed by atoms with van der Waals surface area (Å²) in [6.45, 7) is 0. The molecule has 0 aliphatic rings. The van der Waals surface area contributed by atoms with Gasteiger partial charge in [-0.15, -0.1) is 0 Å². The molecule has 0 aromatic heterocycles. The van der Waals surface area contributed by atoms with Gasteiger partial charge in [0.15, 0.2) is 0 Å². The minimum atomic E-state index is 0. The van der Waals surface area contributed by atoms with Gasteiger partial charge < -0.3 is 0 Å². The summed E-state index contributed by atoms with van der Waals surface area (Å²) >= 11 is 0. The van der Waals surface area contributed by atoms with E-state index in [0.29, 0.717) is 0 Å². The number of rotatable bonds is 0. The van der Waals surface area contributed by atoms with E-state index in [2.05, 4.69) is 0 Å². The molecule has 0 aromatic rings. The predicted octanol–water partition coefficient (Wildman–Crippen LogP) is -1.15. The van der Waals surface area contributed by atoms with Crippen LogP contribution in [0.25, 0.3) is 0 Å². The summed E-state index contributed by atoms with van der Waals surface area (Å²) in [5.41, 5.74) is 0. The van der Waals surface area contributed by atoms with Crippen molar-refractivity contribution in [1.29, 1.82) is 0 Å². The van der Waals surface area contributed by atoms with Crippen LogP contribution in [0.1, 0.15) is 0 Å². The van der Waals surface area contributed by atoms with Crippen LogP contribution >= 0.6 is 0 Å². The van der Waals surface area contributed by atoms with Gasteiger partial charge in [-0.25, -0.2) is 0 Å². The van der Waals surface area contributed by atoms with Crippen molar-refractivity contribution >= 4 is 120 Å². The van der Waals surface area contributed by atoms with Crippen LogP contribution in [0.3, 0.4) is 0 Å². The number of hydrogen-bond donors (Lipinski definition) is 0. The molecule has 6 heavy (non-hydrogen) atoms. The first-order chi connectivity index (χ1) is 0. The Morgan fingerprint density at radius 1 is 1.00 bits per heavy atom. The normalized spacial score (nSPS) is 0. The van der Waals surface area contributed by atoms with Crippen LogP contribution in [0.5, 0.6) is 0 Å². The Morgan fingerprint density at radius 2 is 1.00 bits per heavy atom. The molecule has 0 atom stereocenters. The third-order valence-electron chi connectivity index (χ3n) is 0. The number of hydrogen-bond acceptors (Lipinski definition) is 0. The van der Waals surface area contributed by atoms with Crippen LogP contribution in [0, 0.1) is 41.7 Å². The molecule has 0 rings (SSSR count). The molecule has 6 heteroatoms. The summed E-state index contributed by atoms with van der Waals surface area (Å²) in [7, 11) is 0. The van der Waals surface area contributed by atoms with Gasteiger partial charge in [0.25, 0.3) is 0 Å². The van der Waals surface area contributed by atoms with E-state index in [1.165, 1.54) is 0 Å². The maximum atomic E-state index is 0. The molecule has 0 N–H and O–H groups in total. The summed E-state index contributed by atoms with van der Waals surface area (Å²) in [4.78, 5) is 0. The van der Waals surface area contributed by atoms with Crippen LogP contribution < -0.4 is 0 Å². The molecular weight excluding hydrogens is 443 g/mol. The van der Waals surface area contributed by atoms with Gasteiger partial charge in [-0.2, -0.15) is 0 Å². The second-order valence-electron chi connectivity index (χ2n) is 0. The van der Waals surface area contributed by atoms with Crippen LogP contribution in [0.2, 0.25) is 0 Å². The maximum absolute atomic E-state index is 0. The standard InChI is InChI=1S/Ce.Fe.K.Mg.Mo.Sr. The third kappa shape index (κ3) is 22.4. The molecule has 0 fully saturated rings. The third-order valence-corrected chi connectivity index (χ3v) is 0. The zero-order chi connectivity index (χ0) is 0. The first-order valence-corrected chi connectivity index (χ1v) is 0. The van der Waals surface area contributed by atoms with Gasteiger partial charge >= 0.3 is 0 Å². The molecule has 0 saturated heterocycles. The van der Waals surface area contributed by atoms with E-state index in [4.69, 9.17) is 0 Å². The van der Waals surface area contributed by atoms with Gasteiger partial charge in [0, 0.05) is 200 Å². The summed E-state index contributed by atoms with van der Waals surface area (Å²) in [6.07, 6.45) is 0. The Labute approximate surface area is 193 Å². The molecule has 0 heterocycles. The Bertz CT molecular complexity index is 15.5. The fraction of sp³-hybridized carbons (Fsp3) is 0. The van der Waals surface area contributed by atoms with Crippen molar-refractivity contribution in [1.82, 2.24) is 0 Å². The summed E-state index contributed by atoms with van der Waals surface area (Å²) in [6, 6.07) is 0. The molecule has 23 valence electrons. The average Bonchev–Trinajstić information content (AvgIpc) is 0. The van der Waals surface area contributed by atoms with Crippen LogP contribution in [-0.4, -0.2) is 120 Å². The molecule has 0 bridgehead atoms. The average molecular weight is 443 g/mol. The fourth-order valence-corrected chi connectivity index (χ4v) is 0. The van der Waals surface area contributed by atoms with Gasteiger partial charge in [0.1, 0.15) is 0 Å². The molecular formula is CeFeKMgMoSr. The zero-order valence-electron chi connectivity index (χ0n) is 3.68. The molecule has 0 aromatic carbocycles. The SMILES string of the molecule is [Ce].[Fe].[K].[Mg].[Mo].[Sr]. The smallest absolute Gasteiger partial charge is 0 e. The van der Waals surface area contributed by atoms with Crippen molar-refractivity contribution in [2.45, 2.75) is 0 Å². The summed E-state index contributed by atoms with van der Waals surface area (Å²) in [5.74, 6) is 0. The van der Waals surface area contributed by atoms with Gasteiger partial charge in [0.2, 0.25) is 0 Å². The van der Waals surface area contributed by atoms with E-state index in [1.54, 1.807) is 0 Å². The minimum absolute atomic E-state index is 0. The van der Waals surface area contributed by atoms with Crippen molar-refractivity contribution in [2.24, 2.45) is 0 Å². The van der Waals surface area contributed by atoms with E-state index in [-0.39, 0.29) is 200 Å². The molecule has 0 aliphatic carbocycles. The second-order valence-corrected chi connectivity index (χ2v) is 0. The molecule has 5 radical (unpaired) electrons. The maximum Gasteiger partial charge on any atom is 0 e. The molecule has 0 aliphatic heterocycles. The van der Waals surface area contributed by atoms with Crippen molar-refractivity contribution in [2.75, 3.05) is 0 Å². The Morgan fingerprint density at radius 3 is 1.00 bits per heavy atom. The summed E-state index contributed by atoms with van der Waals surface area (Å²) in [5, 5.41) is 0. The van der Waals surface area contributed by atoms with Crippen molar-refractivity contribution in [3.8, 4) is 0 Å². The Hall–Kier alpha value is 6.47. The van der Waals surface area contributed by atoms with Crippen molar-refractivity contribution in [3.63, 3.8) is 0 Å². The van der Waals surface area contributed by atoms with Crippen LogP contribution in [0.15, 0.2) is 0 Å².